The predicted octanol–water partition coefficient (Wildman–Crippen LogP) is 1.60. The summed E-state index contributed by atoms with van der Waals surface area (Å²) in [6, 6.07) is 1.80. The first-order valence-electron chi connectivity index (χ1n) is 8.67. The highest BCUT2D eigenvalue weighted by molar-refractivity contribution is 5.67. The summed E-state index contributed by atoms with van der Waals surface area (Å²) in [4.78, 5) is 13.4. The lowest BCUT2D eigenvalue weighted by molar-refractivity contribution is -0.0136. The fourth-order valence-electron chi connectivity index (χ4n) is 3.59. The lowest BCUT2D eigenvalue weighted by Gasteiger charge is -2.28. The van der Waals surface area contributed by atoms with E-state index in [9.17, 15) is 5.11 Å². The van der Waals surface area contributed by atoms with Crippen molar-refractivity contribution in [2.24, 2.45) is 0 Å². The van der Waals surface area contributed by atoms with E-state index in [0.717, 1.165) is 36.9 Å². The molecule has 1 aliphatic heterocycles. The van der Waals surface area contributed by atoms with Crippen molar-refractivity contribution in [1.29, 1.82) is 0 Å². The smallest absolute Gasteiger partial charge is 0.223 e. The zero-order chi connectivity index (χ0) is 17.2. The number of aliphatic hydroxyl groups is 1. The van der Waals surface area contributed by atoms with E-state index in [0.29, 0.717) is 25.0 Å². The van der Waals surface area contributed by atoms with Gasteiger partial charge in [-0.05, 0) is 37.3 Å². The number of pyridine rings is 1. The highest BCUT2D eigenvalue weighted by Crippen LogP contribution is 2.35. The van der Waals surface area contributed by atoms with Crippen LogP contribution >= 0.6 is 0 Å². The number of hydrogen-bond acceptors (Lipinski definition) is 7. The minimum Gasteiger partial charge on any atom is -0.481 e. The maximum atomic E-state index is 10.0. The minimum absolute atomic E-state index is 0.0938. The Bertz CT molecular complexity index is 768. The molecule has 25 heavy (non-hydrogen) atoms. The molecule has 0 unspecified atom stereocenters. The van der Waals surface area contributed by atoms with Crippen molar-refractivity contribution in [2.45, 2.75) is 37.8 Å². The number of methoxy groups -OCH3 is 1. The zero-order valence-electron chi connectivity index (χ0n) is 14.2. The van der Waals surface area contributed by atoms with Crippen LogP contribution in [0, 0.1) is 0 Å². The number of rotatable bonds is 4. The van der Waals surface area contributed by atoms with Gasteiger partial charge < -0.3 is 19.9 Å². The molecule has 0 radical (unpaired) electrons. The average molecular weight is 342 g/mol. The number of nitrogens with zero attached hydrogens (tertiary/aromatic N) is 3. The number of aliphatic hydroxyl groups excluding tert-OH is 1. The van der Waals surface area contributed by atoms with E-state index in [1.807, 2.05) is 12.3 Å². The maximum absolute atomic E-state index is 10.0. The van der Waals surface area contributed by atoms with Crippen LogP contribution in [0.25, 0.3) is 11.3 Å². The summed E-state index contributed by atoms with van der Waals surface area (Å²) in [7, 11) is 1.66. The first-order valence-corrected chi connectivity index (χ1v) is 8.67. The van der Waals surface area contributed by atoms with Crippen molar-refractivity contribution >= 4 is 5.95 Å². The zero-order valence-corrected chi connectivity index (χ0v) is 14.2. The second-order valence-corrected chi connectivity index (χ2v) is 6.44. The molecule has 0 bridgehead atoms. The topological polar surface area (TPSA) is 89.4 Å². The first kappa shape index (κ1) is 16.2. The second kappa shape index (κ2) is 6.93. The summed E-state index contributed by atoms with van der Waals surface area (Å²) in [6.45, 7) is 0.970. The Kier molecular flexibility index (Phi) is 4.50. The van der Waals surface area contributed by atoms with E-state index in [2.05, 4.69) is 20.3 Å². The van der Waals surface area contributed by atoms with Crippen LogP contribution in [0.4, 0.5) is 5.95 Å². The van der Waals surface area contributed by atoms with Crippen molar-refractivity contribution in [2.75, 3.05) is 25.6 Å². The van der Waals surface area contributed by atoms with E-state index in [4.69, 9.17) is 9.47 Å². The Hall–Kier alpha value is -2.25. The highest BCUT2D eigenvalue weighted by Gasteiger charge is 2.25. The van der Waals surface area contributed by atoms with E-state index < -0.39 is 6.10 Å². The van der Waals surface area contributed by atoms with Crippen molar-refractivity contribution in [3.8, 4) is 17.1 Å². The van der Waals surface area contributed by atoms with Crippen LogP contribution < -0.4 is 10.1 Å². The molecule has 0 aromatic carbocycles. The molecule has 2 N–H and O–H groups in total. The molecule has 1 saturated heterocycles. The Labute approximate surface area is 146 Å². The standard InChI is InChI=1S/C18H22N4O3/c1-24-17-12-4-2-3-11(12)13(9-20-17)14-5-7-19-18(21-14)22-15-6-8-25-10-16(15)23/h5,7,9,15-16,23H,2-4,6,8,10H2,1H3,(H,19,21,22)/t15-,16-/m1/s1. The van der Waals surface area contributed by atoms with Gasteiger partial charge in [-0.2, -0.15) is 0 Å². The largest absolute Gasteiger partial charge is 0.481 e. The number of aromatic nitrogens is 3. The molecule has 1 fully saturated rings. The summed E-state index contributed by atoms with van der Waals surface area (Å²) in [6.07, 6.45) is 6.86. The summed E-state index contributed by atoms with van der Waals surface area (Å²) in [5.74, 6) is 1.24. The molecule has 7 heteroatoms. The van der Waals surface area contributed by atoms with Gasteiger partial charge in [0.05, 0.1) is 31.6 Å². The number of nitrogens with one attached hydrogen (secondary N) is 1. The third-order valence-corrected chi connectivity index (χ3v) is 4.88. The molecule has 2 aromatic rings. The molecule has 4 rings (SSSR count). The SMILES string of the molecule is COc1ncc(-c2ccnc(N[C@@H]3CCOC[C@H]3O)n2)c2c1CCC2. The third kappa shape index (κ3) is 3.17. The van der Waals surface area contributed by atoms with E-state index in [1.54, 1.807) is 13.3 Å². The summed E-state index contributed by atoms with van der Waals surface area (Å²) in [5, 5.41) is 13.3. The van der Waals surface area contributed by atoms with Crippen LogP contribution in [0.3, 0.4) is 0 Å². The first-order chi connectivity index (χ1) is 12.3. The molecule has 0 saturated carbocycles. The van der Waals surface area contributed by atoms with Gasteiger partial charge in [0.25, 0.3) is 0 Å². The average Bonchev–Trinajstić information content (AvgIpc) is 3.13. The molecule has 2 atom stereocenters. The van der Waals surface area contributed by atoms with Crippen LogP contribution in [0.15, 0.2) is 18.5 Å². The molecule has 2 aliphatic rings. The predicted molar refractivity (Wildman–Crippen MR) is 92.7 cm³/mol. The molecule has 0 amide bonds. The fraction of sp³-hybridized carbons (Fsp3) is 0.500. The number of hydrogen-bond donors (Lipinski definition) is 2. The van der Waals surface area contributed by atoms with Gasteiger partial charge in [-0.1, -0.05) is 0 Å². The molecular weight excluding hydrogens is 320 g/mol. The van der Waals surface area contributed by atoms with Gasteiger partial charge in [0, 0.05) is 30.1 Å². The van der Waals surface area contributed by atoms with Crippen LogP contribution in [0.5, 0.6) is 5.88 Å². The van der Waals surface area contributed by atoms with Gasteiger partial charge >= 0.3 is 0 Å². The molecule has 1 aliphatic carbocycles. The number of anilines is 1. The lowest BCUT2D eigenvalue weighted by Crippen LogP contribution is -2.42. The second-order valence-electron chi connectivity index (χ2n) is 6.44. The minimum atomic E-state index is -0.548. The van der Waals surface area contributed by atoms with E-state index in [-0.39, 0.29) is 6.04 Å². The molecular formula is C18H22N4O3. The Balaban J connectivity index is 1.63. The molecule has 0 spiro atoms. The van der Waals surface area contributed by atoms with Crippen molar-refractivity contribution in [1.82, 2.24) is 15.0 Å². The van der Waals surface area contributed by atoms with Crippen LogP contribution in [0.2, 0.25) is 0 Å². The van der Waals surface area contributed by atoms with Gasteiger partial charge in [-0.15, -0.1) is 0 Å². The fourth-order valence-corrected chi connectivity index (χ4v) is 3.59. The normalized spacial score (nSPS) is 22.5. The monoisotopic (exact) mass is 342 g/mol. The number of ether oxygens (including phenoxy) is 2. The summed E-state index contributed by atoms with van der Waals surface area (Å²) in [5.41, 5.74) is 4.33. The van der Waals surface area contributed by atoms with Crippen LogP contribution in [0.1, 0.15) is 24.0 Å². The molecule has 7 nitrogen and oxygen atoms in total. The molecule has 132 valence electrons. The van der Waals surface area contributed by atoms with E-state index in [1.165, 1.54) is 11.1 Å². The van der Waals surface area contributed by atoms with Gasteiger partial charge in [0.1, 0.15) is 0 Å². The van der Waals surface area contributed by atoms with Crippen LogP contribution in [-0.4, -0.2) is 52.5 Å². The maximum Gasteiger partial charge on any atom is 0.223 e. The summed E-state index contributed by atoms with van der Waals surface area (Å²) < 4.78 is 10.7. The Morgan fingerprint density at radius 3 is 3.00 bits per heavy atom. The van der Waals surface area contributed by atoms with E-state index >= 15 is 0 Å². The van der Waals surface area contributed by atoms with Crippen LogP contribution in [-0.2, 0) is 17.6 Å². The molecule has 2 aromatic heterocycles. The third-order valence-electron chi connectivity index (χ3n) is 4.88. The van der Waals surface area contributed by atoms with Gasteiger partial charge in [-0.3, -0.25) is 0 Å². The van der Waals surface area contributed by atoms with Crippen molar-refractivity contribution in [3.05, 3.63) is 29.6 Å². The quantitative estimate of drug-likeness (QED) is 0.872. The van der Waals surface area contributed by atoms with Crippen molar-refractivity contribution in [3.63, 3.8) is 0 Å². The van der Waals surface area contributed by atoms with Gasteiger partial charge in [0.2, 0.25) is 11.8 Å². The Morgan fingerprint density at radius 2 is 2.16 bits per heavy atom. The van der Waals surface area contributed by atoms with Gasteiger partial charge in [-0.25, -0.2) is 15.0 Å². The lowest BCUT2D eigenvalue weighted by atomic mass is 10.0. The van der Waals surface area contributed by atoms with Gasteiger partial charge in [0.15, 0.2) is 0 Å². The summed E-state index contributed by atoms with van der Waals surface area (Å²) >= 11 is 0. The number of fused-ring (bicyclic) bond motifs is 1. The molecule has 3 heterocycles. The highest BCUT2D eigenvalue weighted by atomic mass is 16.5. The van der Waals surface area contributed by atoms with Crippen molar-refractivity contribution < 1.29 is 14.6 Å². The Morgan fingerprint density at radius 1 is 1.28 bits per heavy atom.